The average Bonchev–Trinajstić information content (AvgIpc) is 3.10. The molecule has 2 aromatic heterocycles. The standard InChI is InChI=1S/C15H19N3O3S/c19-22(20,15-2-1-13-21-15)18-11-9-17(10-12-18)8-5-14-3-6-16-7-4-14/h1-4,6-7,13H,5,8-12H2. The summed E-state index contributed by atoms with van der Waals surface area (Å²) in [4.78, 5) is 6.29. The molecule has 0 N–H and O–H groups in total. The molecule has 6 nitrogen and oxygen atoms in total. The van der Waals surface area contributed by atoms with Gasteiger partial charge in [0, 0.05) is 45.1 Å². The quantitative estimate of drug-likeness (QED) is 0.828. The first kappa shape index (κ1) is 15.2. The van der Waals surface area contributed by atoms with E-state index in [9.17, 15) is 8.42 Å². The van der Waals surface area contributed by atoms with Crippen molar-refractivity contribution in [3.8, 4) is 0 Å². The second-order valence-electron chi connectivity index (χ2n) is 5.28. The van der Waals surface area contributed by atoms with Crippen LogP contribution in [0, 0.1) is 0 Å². The average molecular weight is 321 g/mol. The third-order valence-electron chi connectivity index (χ3n) is 3.89. The summed E-state index contributed by atoms with van der Waals surface area (Å²) >= 11 is 0. The van der Waals surface area contributed by atoms with E-state index in [0.29, 0.717) is 13.1 Å². The molecule has 1 fully saturated rings. The summed E-state index contributed by atoms with van der Waals surface area (Å²) in [6.07, 6.45) is 5.93. The van der Waals surface area contributed by atoms with E-state index in [1.807, 2.05) is 12.1 Å². The van der Waals surface area contributed by atoms with Crippen LogP contribution in [0.4, 0.5) is 0 Å². The first-order valence-corrected chi connectivity index (χ1v) is 8.75. The summed E-state index contributed by atoms with van der Waals surface area (Å²) in [5.74, 6) is 0. The number of piperazine rings is 1. The smallest absolute Gasteiger partial charge is 0.276 e. The maximum Gasteiger partial charge on any atom is 0.276 e. The van der Waals surface area contributed by atoms with Gasteiger partial charge in [-0.3, -0.25) is 4.98 Å². The molecule has 1 saturated heterocycles. The minimum Gasteiger partial charge on any atom is -0.452 e. The predicted molar refractivity (Wildman–Crippen MR) is 81.8 cm³/mol. The first-order chi connectivity index (χ1) is 10.7. The lowest BCUT2D eigenvalue weighted by molar-refractivity contribution is 0.188. The van der Waals surface area contributed by atoms with Crippen molar-refractivity contribution in [1.82, 2.24) is 14.2 Å². The van der Waals surface area contributed by atoms with E-state index >= 15 is 0 Å². The second-order valence-corrected chi connectivity index (χ2v) is 7.15. The number of rotatable bonds is 5. The molecule has 7 heteroatoms. The van der Waals surface area contributed by atoms with Crippen LogP contribution in [0.3, 0.4) is 0 Å². The SMILES string of the molecule is O=S(=O)(c1ccco1)N1CCN(CCc2ccncc2)CC1. The highest BCUT2D eigenvalue weighted by atomic mass is 32.2. The number of sulfonamides is 1. The maximum atomic E-state index is 12.3. The van der Waals surface area contributed by atoms with Gasteiger partial charge in [0.2, 0.25) is 5.09 Å². The van der Waals surface area contributed by atoms with Crippen LogP contribution in [0.25, 0.3) is 0 Å². The van der Waals surface area contributed by atoms with E-state index in [1.54, 1.807) is 18.5 Å². The molecule has 3 heterocycles. The van der Waals surface area contributed by atoms with Crippen molar-refractivity contribution < 1.29 is 12.8 Å². The number of aromatic nitrogens is 1. The van der Waals surface area contributed by atoms with E-state index in [4.69, 9.17) is 4.42 Å². The zero-order valence-corrected chi connectivity index (χ0v) is 13.1. The van der Waals surface area contributed by atoms with Gasteiger partial charge < -0.3 is 9.32 Å². The molecule has 1 aliphatic rings. The minimum absolute atomic E-state index is 0.0257. The lowest BCUT2D eigenvalue weighted by Gasteiger charge is -2.33. The topological polar surface area (TPSA) is 66.7 Å². The van der Waals surface area contributed by atoms with Gasteiger partial charge in [0.25, 0.3) is 10.0 Å². The van der Waals surface area contributed by atoms with Crippen LogP contribution in [-0.4, -0.2) is 55.3 Å². The third kappa shape index (κ3) is 3.37. The Balaban J connectivity index is 1.52. The van der Waals surface area contributed by atoms with Crippen molar-refractivity contribution in [2.24, 2.45) is 0 Å². The van der Waals surface area contributed by atoms with Crippen LogP contribution in [0.5, 0.6) is 0 Å². The summed E-state index contributed by atoms with van der Waals surface area (Å²) < 4.78 is 31.2. The van der Waals surface area contributed by atoms with Gasteiger partial charge >= 0.3 is 0 Å². The Bertz CT molecular complexity index is 678. The van der Waals surface area contributed by atoms with E-state index in [-0.39, 0.29) is 5.09 Å². The highest BCUT2D eigenvalue weighted by Gasteiger charge is 2.30. The molecule has 0 bridgehead atoms. The van der Waals surface area contributed by atoms with Gasteiger partial charge in [0.05, 0.1) is 6.26 Å². The fourth-order valence-corrected chi connectivity index (χ4v) is 3.89. The van der Waals surface area contributed by atoms with Crippen molar-refractivity contribution in [3.63, 3.8) is 0 Å². The molecule has 0 radical (unpaired) electrons. The molecule has 22 heavy (non-hydrogen) atoms. The third-order valence-corrected chi connectivity index (χ3v) is 5.67. The lowest BCUT2D eigenvalue weighted by atomic mass is 10.2. The molecule has 0 atom stereocenters. The Hall–Kier alpha value is -1.70. The van der Waals surface area contributed by atoms with Crippen LogP contribution in [0.2, 0.25) is 0 Å². The summed E-state index contributed by atoms with van der Waals surface area (Å²) in [6, 6.07) is 7.11. The van der Waals surface area contributed by atoms with Crippen molar-refractivity contribution in [3.05, 3.63) is 48.5 Å². The molecule has 118 valence electrons. The molecule has 3 rings (SSSR count). The monoisotopic (exact) mass is 321 g/mol. The van der Waals surface area contributed by atoms with Gasteiger partial charge in [-0.25, -0.2) is 8.42 Å². The molecule has 0 amide bonds. The summed E-state index contributed by atoms with van der Waals surface area (Å²) in [6.45, 7) is 3.41. The van der Waals surface area contributed by atoms with Gasteiger partial charge in [-0.1, -0.05) is 0 Å². The van der Waals surface area contributed by atoms with Crippen LogP contribution >= 0.6 is 0 Å². The van der Waals surface area contributed by atoms with Crippen LogP contribution in [0.15, 0.2) is 52.4 Å². The zero-order valence-electron chi connectivity index (χ0n) is 12.3. The number of pyridine rings is 1. The van der Waals surface area contributed by atoms with E-state index in [1.165, 1.54) is 22.2 Å². The molecule has 1 aliphatic heterocycles. The second kappa shape index (κ2) is 6.60. The molecular weight excluding hydrogens is 302 g/mol. The fraction of sp³-hybridized carbons (Fsp3) is 0.400. The van der Waals surface area contributed by atoms with Crippen LogP contribution in [0.1, 0.15) is 5.56 Å². The number of hydrogen-bond donors (Lipinski definition) is 0. The maximum absolute atomic E-state index is 12.3. The van der Waals surface area contributed by atoms with E-state index < -0.39 is 10.0 Å². The van der Waals surface area contributed by atoms with Crippen molar-refractivity contribution in [2.45, 2.75) is 11.5 Å². The van der Waals surface area contributed by atoms with Crippen LogP contribution < -0.4 is 0 Å². The Morgan fingerprint density at radius 3 is 2.45 bits per heavy atom. The summed E-state index contributed by atoms with van der Waals surface area (Å²) in [7, 11) is -3.48. The molecule has 0 saturated carbocycles. The Morgan fingerprint density at radius 1 is 1.09 bits per heavy atom. The van der Waals surface area contributed by atoms with Crippen molar-refractivity contribution >= 4 is 10.0 Å². The molecule has 0 spiro atoms. The molecular formula is C15H19N3O3S. The number of hydrogen-bond acceptors (Lipinski definition) is 5. The van der Waals surface area contributed by atoms with Gasteiger partial charge in [-0.2, -0.15) is 4.31 Å². The largest absolute Gasteiger partial charge is 0.452 e. The zero-order chi connectivity index (χ0) is 15.4. The molecule has 0 aliphatic carbocycles. The Labute approximate surface area is 130 Å². The summed E-state index contributed by atoms with van der Waals surface area (Å²) in [5.41, 5.74) is 1.25. The lowest BCUT2D eigenvalue weighted by Crippen LogP contribution is -2.48. The highest BCUT2D eigenvalue weighted by molar-refractivity contribution is 7.89. The van der Waals surface area contributed by atoms with Gasteiger partial charge in [-0.15, -0.1) is 0 Å². The highest BCUT2D eigenvalue weighted by Crippen LogP contribution is 2.17. The van der Waals surface area contributed by atoms with E-state index in [2.05, 4.69) is 9.88 Å². The normalized spacial score (nSPS) is 17.6. The number of nitrogens with zero attached hydrogens (tertiary/aromatic N) is 3. The van der Waals surface area contributed by atoms with Crippen LogP contribution in [-0.2, 0) is 16.4 Å². The molecule has 0 unspecified atom stereocenters. The van der Waals surface area contributed by atoms with Crippen molar-refractivity contribution in [2.75, 3.05) is 32.7 Å². The van der Waals surface area contributed by atoms with Gasteiger partial charge in [-0.05, 0) is 36.2 Å². The number of furan rings is 1. The minimum atomic E-state index is -3.48. The first-order valence-electron chi connectivity index (χ1n) is 7.31. The Kier molecular flexibility index (Phi) is 4.56. The van der Waals surface area contributed by atoms with Gasteiger partial charge in [0.1, 0.15) is 0 Å². The molecule has 2 aromatic rings. The van der Waals surface area contributed by atoms with Crippen molar-refractivity contribution in [1.29, 1.82) is 0 Å². The van der Waals surface area contributed by atoms with E-state index in [0.717, 1.165) is 26.1 Å². The predicted octanol–water partition coefficient (Wildman–Crippen LogP) is 1.22. The Morgan fingerprint density at radius 2 is 1.82 bits per heavy atom. The van der Waals surface area contributed by atoms with Gasteiger partial charge in [0.15, 0.2) is 0 Å². The molecule has 0 aromatic carbocycles. The summed E-state index contributed by atoms with van der Waals surface area (Å²) in [5, 5.41) is 0.0257. The fourth-order valence-electron chi connectivity index (χ4n) is 2.57.